The van der Waals surface area contributed by atoms with Crippen LogP contribution in [0.1, 0.15) is 111 Å². The van der Waals surface area contributed by atoms with Crippen molar-refractivity contribution in [3.8, 4) is 11.1 Å². The number of rotatable bonds is 14. The SMILES string of the molecule is CCCCCCc1c2nc(c(CCC(=O)O)c3nc(c(CCCCCC)c4ccc([nH]4)c(-c4ccccc4)c4ccc1[nH]4)C=C3)C=C2. The Kier molecular flexibility index (Phi) is 10.5. The Morgan fingerprint density at radius 2 is 1.04 bits per heavy atom. The summed E-state index contributed by atoms with van der Waals surface area (Å²) in [5, 5.41) is 9.64. The molecule has 0 aliphatic carbocycles. The van der Waals surface area contributed by atoms with Gasteiger partial charge in [0.25, 0.3) is 0 Å². The van der Waals surface area contributed by atoms with E-state index in [0.717, 1.165) is 87.2 Å². The lowest BCUT2D eigenvalue weighted by molar-refractivity contribution is -0.136. The zero-order valence-corrected chi connectivity index (χ0v) is 27.7. The van der Waals surface area contributed by atoms with E-state index in [1.54, 1.807) is 0 Å². The molecule has 0 amide bonds. The van der Waals surface area contributed by atoms with Gasteiger partial charge in [-0.3, -0.25) is 4.79 Å². The molecule has 1 aromatic carbocycles. The Labute approximate surface area is 277 Å². The quantitative estimate of drug-likeness (QED) is 0.105. The van der Waals surface area contributed by atoms with Crippen LogP contribution in [0.15, 0.2) is 54.6 Å². The maximum absolute atomic E-state index is 11.7. The van der Waals surface area contributed by atoms with Crippen molar-refractivity contribution >= 4 is 52.3 Å². The number of carboxylic acids is 1. The number of nitrogens with one attached hydrogen (secondary N) is 2. The number of benzene rings is 1. The van der Waals surface area contributed by atoms with Gasteiger partial charge in [-0.1, -0.05) is 82.7 Å². The summed E-state index contributed by atoms with van der Waals surface area (Å²) in [7, 11) is 0. The van der Waals surface area contributed by atoms with E-state index in [1.165, 1.54) is 49.7 Å². The Hall–Kier alpha value is -4.71. The highest BCUT2D eigenvalue weighted by Crippen LogP contribution is 2.32. The van der Waals surface area contributed by atoms with Crippen LogP contribution in [0.4, 0.5) is 0 Å². The summed E-state index contributed by atoms with van der Waals surface area (Å²) in [5.74, 6) is -0.821. The second kappa shape index (κ2) is 15.3. The molecule has 0 saturated heterocycles. The molecule has 6 nitrogen and oxygen atoms in total. The molecule has 242 valence electrons. The maximum Gasteiger partial charge on any atom is 0.303 e. The molecular weight excluding hydrogens is 580 g/mol. The third kappa shape index (κ3) is 7.48. The molecule has 8 bridgehead atoms. The van der Waals surface area contributed by atoms with E-state index in [-0.39, 0.29) is 6.42 Å². The molecule has 0 unspecified atom stereocenters. The van der Waals surface area contributed by atoms with Crippen molar-refractivity contribution in [1.82, 2.24) is 19.9 Å². The van der Waals surface area contributed by atoms with Gasteiger partial charge >= 0.3 is 5.97 Å². The number of aromatic nitrogens is 4. The third-order valence-corrected chi connectivity index (χ3v) is 9.29. The number of carboxylic acid groups (broad SMARTS) is 1. The van der Waals surface area contributed by atoms with E-state index < -0.39 is 5.97 Å². The molecule has 47 heavy (non-hydrogen) atoms. The number of fused-ring (bicyclic) bond motifs is 8. The van der Waals surface area contributed by atoms with Crippen molar-refractivity contribution in [3.63, 3.8) is 0 Å². The van der Waals surface area contributed by atoms with Gasteiger partial charge < -0.3 is 15.1 Å². The fourth-order valence-electron chi connectivity index (χ4n) is 6.77. The van der Waals surface area contributed by atoms with E-state index in [2.05, 4.69) is 90.6 Å². The van der Waals surface area contributed by atoms with Crippen molar-refractivity contribution in [2.45, 2.75) is 90.9 Å². The van der Waals surface area contributed by atoms with Gasteiger partial charge in [-0.25, -0.2) is 9.97 Å². The summed E-state index contributed by atoms with van der Waals surface area (Å²) in [4.78, 5) is 29.7. The molecule has 3 aromatic heterocycles. The zero-order chi connectivity index (χ0) is 32.6. The fourth-order valence-corrected chi connectivity index (χ4v) is 6.77. The summed E-state index contributed by atoms with van der Waals surface area (Å²) in [5.41, 5.74) is 13.2. The molecular formula is C41H46N4O2. The molecule has 5 heterocycles. The molecule has 2 aliphatic heterocycles. The second-order valence-electron chi connectivity index (χ2n) is 12.7. The monoisotopic (exact) mass is 626 g/mol. The first-order valence-corrected chi connectivity index (χ1v) is 17.5. The molecule has 0 fully saturated rings. The standard InChI is InChI=1S/C41H46N4O2/c1-3-5-7-12-16-29-32-19-21-36(42-32)31(18-27-40(46)47)37-22-20-33(43-37)30(17-13-8-6-4-2)35-24-26-39(45-35)41(28-14-10-9-11-15-28)38-25-23-34(29)44-38/h9-11,14-15,19-26,44-45H,3-8,12-13,16-18,27H2,1-2H3,(H,46,47). The molecule has 3 N–H and O–H groups in total. The third-order valence-electron chi connectivity index (χ3n) is 9.29. The number of hydrogen-bond acceptors (Lipinski definition) is 3. The van der Waals surface area contributed by atoms with E-state index in [0.29, 0.717) is 6.42 Å². The average Bonchev–Trinajstić information content (AvgIpc) is 3.91. The summed E-state index contributed by atoms with van der Waals surface area (Å²) < 4.78 is 0. The van der Waals surface area contributed by atoms with Gasteiger partial charge in [0.1, 0.15) is 0 Å². The predicted octanol–water partition coefficient (Wildman–Crippen LogP) is 10.6. The number of nitrogens with zero attached hydrogens (tertiary/aromatic N) is 2. The average molecular weight is 627 g/mol. The number of aliphatic carboxylic acids is 1. The number of unbranched alkanes of at least 4 members (excludes halogenated alkanes) is 6. The highest BCUT2D eigenvalue weighted by molar-refractivity contribution is 5.94. The highest BCUT2D eigenvalue weighted by Gasteiger charge is 2.18. The first kappa shape index (κ1) is 32.2. The van der Waals surface area contributed by atoms with Crippen molar-refractivity contribution in [2.24, 2.45) is 0 Å². The summed E-state index contributed by atoms with van der Waals surface area (Å²) in [6.07, 6.45) is 19.8. The Balaban J connectivity index is 1.67. The lowest BCUT2D eigenvalue weighted by atomic mass is 10.0. The molecule has 0 radical (unpaired) electrons. The number of hydrogen-bond donors (Lipinski definition) is 3. The van der Waals surface area contributed by atoms with Crippen LogP contribution >= 0.6 is 0 Å². The minimum atomic E-state index is -0.821. The van der Waals surface area contributed by atoms with Crippen LogP contribution in [0.3, 0.4) is 0 Å². The van der Waals surface area contributed by atoms with Crippen LogP contribution in [0, 0.1) is 0 Å². The van der Waals surface area contributed by atoms with E-state index in [1.807, 2.05) is 12.2 Å². The number of carbonyl (C=O) groups is 1. The van der Waals surface area contributed by atoms with Crippen molar-refractivity contribution in [1.29, 1.82) is 0 Å². The van der Waals surface area contributed by atoms with Crippen LogP contribution < -0.4 is 0 Å². The summed E-state index contributed by atoms with van der Waals surface area (Å²) in [6, 6.07) is 19.3. The van der Waals surface area contributed by atoms with E-state index in [9.17, 15) is 9.90 Å². The topological polar surface area (TPSA) is 94.7 Å². The summed E-state index contributed by atoms with van der Waals surface area (Å²) in [6.45, 7) is 4.47. The molecule has 0 atom stereocenters. The van der Waals surface area contributed by atoms with Crippen LogP contribution in [-0.4, -0.2) is 31.0 Å². The number of aromatic amines is 2. The van der Waals surface area contributed by atoms with Gasteiger partial charge in [-0.15, -0.1) is 0 Å². The maximum atomic E-state index is 11.7. The zero-order valence-electron chi connectivity index (χ0n) is 27.7. The number of H-pyrrole nitrogens is 2. The van der Waals surface area contributed by atoms with Gasteiger partial charge in [0.05, 0.1) is 22.8 Å². The Morgan fingerprint density at radius 1 is 0.574 bits per heavy atom. The van der Waals surface area contributed by atoms with Gasteiger partial charge in [0.2, 0.25) is 0 Å². The Bertz CT molecular complexity index is 1830. The van der Waals surface area contributed by atoms with E-state index in [4.69, 9.17) is 9.97 Å². The van der Waals surface area contributed by atoms with Crippen molar-refractivity contribution < 1.29 is 9.90 Å². The molecule has 6 rings (SSSR count). The Morgan fingerprint density at radius 3 is 1.51 bits per heavy atom. The van der Waals surface area contributed by atoms with Gasteiger partial charge in [0, 0.05) is 50.7 Å². The second-order valence-corrected chi connectivity index (χ2v) is 12.7. The highest BCUT2D eigenvalue weighted by atomic mass is 16.4. The first-order valence-electron chi connectivity index (χ1n) is 17.5. The van der Waals surface area contributed by atoms with Gasteiger partial charge in [0.15, 0.2) is 0 Å². The van der Waals surface area contributed by atoms with Gasteiger partial charge in [-0.05, 0) is 86.2 Å². The number of aryl methyl sites for hydroxylation is 2. The first-order chi connectivity index (χ1) is 23.1. The fraction of sp³-hybridized carbons (Fsp3) is 0.341. The van der Waals surface area contributed by atoms with Crippen LogP contribution in [0.2, 0.25) is 0 Å². The normalized spacial score (nSPS) is 12.2. The molecule has 6 heteroatoms. The van der Waals surface area contributed by atoms with Crippen LogP contribution in [0.5, 0.6) is 0 Å². The predicted molar refractivity (Wildman–Crippen MR) is 196 cm³/mol. The largest absolute Gasteiger partial charge is 0.481 e. The minimum absolute atomic E-state index is 0.0268. The van der Waals surface area contributed by atoms with Crippen molar-refractivity contribution in [3.05, 3.63) is 94.1 Å². The lowest BCUT2D eigenvalue weighted by Gasteiger charge is -2.06. The molecule has 0 saturated carbocycles. The molecule has 4 aromatic rings. The minimum Gasteiger partial charge on any atom is -0.481 e. The van der Waals surface area contributed by atoms with Crippen LogP contribution in [0.25, 0.3) is 57.5 Å². The molecule has 2 aliphatic rings. The smallest absolute Gasteiger partial charge is 0.303 e. The van der Waals surface area contributed by atoms with Crippen molar-refractivity contribution in [2.75, 3.05) is 0 Å². The summed E-state index contributed by atoms with van der Waals surface area (Å²) >= 11 is 0. The lowest BCUT2D eigenvalue weighted by Crippen LogP contribution is -2.01. The van der Waals surface area contributed by atoms with Gasteiger partial charge in [-0.2, -0.15) is 0 Å². The van der Waals surface area contributed by atoms with E-state index >= 15 is 0 Å². The molecule has 0 spiro atoms. The van der Waals surface area contributed by atoms with Crippen LogP contribution in [-0.2, 0) is 24.1 Å².